The first-order chi connectivity index (χ1) is 5.54. The third-order valence-corrected chi connectivity index (χ3v) is 2.27. The summed E-state index contributed by atoms with van der Waals surface area (Å²) in [6.07, 6.45) is 2.61. The Morgan fingerprint density at radius 3 is 2.38 bits per heavy atom. The molecule has 0 aromatic rings. The number of allylic oxidation sites excluding steroid dienone is 1. The molecule has 0 saturated carbocycles. The van der Waals surface area contributed by atoms with Crippen LogP contribution in [0, 0.1) is 0 Å². The predicted octanol–water partition coefficient (Wildman–Crippen LogP) is -0.925. The van der Waals surface area contributed by atoms with E-state index in [-0.39, 0.29) is 69.3 Å². The maximum atomic E-state index is 12.1. The second-order valence-corrected chi connectivity index (χ2v) is 3.11. The normalized spacial score (nSPS) is 23.4. The first-order valence-electron chi connectivity index (χ1n) is 4.10. The topological polar surface area (TPSA) is 12.0 Å². The molecule has 0 saturated heterocycles. The SMILES string of the molecule is CNC1CC=C([B-](F)(F)F)CC1.[K+]. The Morgan fingerprint density at radius 2 is 2.08 bits per heavy atom. The van der Waals surface area contributed by atoms with E-state index < -0.39 is 6.98 Å². The second-order valence-electron chi connectivity index (χ2n) is 3.11. The van der Waals surface area contributed by atoms with E-state index in [9.17, 15) is 12.9 Å². The maximum absolute atomic E-state index is 12.1. The van der Waals surface area contributed by atoms with Gasteiger partial charge in [0.2, 0.25) is 0 Å². The average molecular weight is 217 g/mol. The van der Waals surface area contributed by atoms with E-state index in [4.69, 9.17) is 0 Å². The van der Waals surface area contributed by atoms with Gasteiger partial charge in [-0.25, -0.2) is 0 Å². The van der Waals surface area contributed by atoms with Crippen molar-refractivity contribution in [2.24, 2.45) is 0 Å². The summed E-state index contributed by atoms with van der Waals surface area (Å²) >= 11 is 0. The molecule has 0 bridgehead atoms. The second kappa shape index (κ2) is 5.92. The molecule has 1 aliphatic rings. The predicted molar refractivity (Wildman–Crippen MR) is 43.9 cm³/mol. The fraction of sp³-hybridized carbons (Fsp3) is 0.714. The van der Waals surface area contributed by atoms with Crippen molar-refractivity contribution >= 4 is 6.98 Å². The molecule has 0 spiro atoms. The van der Waals surface area contributed by atoms with Crippen molar-refractivity contribution in [3.05, 3.63) is 11.5 Å². The molecule has 70 valence electrons. The molecular weight excluding hydrogens is 205 g/mol. The van der Waals surface area contributed by atoms with Crippen molar-refractivity contribution < 1.29 is 64.3 Å². The third-order valence-electron chi connectivity index (χ3n) is 2.27. The van der Waals surface area contributed by atoms with E-state index in [1.165, 1.54) is 6.08 Å². The first-order valence-corrected chi connectivity index (χ1v) is 4.10. The van der Waals surface area contributed by atoms with Crippen LogP contribution in [0.15, 0.2) is 11.5 Å². The fourth-order valence-electron chi connectivity index (χ4n) is 1.41. The van der Waals surface area contributed by atoms with Crippen molar-refractivity contribution in [1.29, 1.82) is 0 Å². The largest absolute Gasteiger partial charge is 1.00 e. The van der Waals surface area contributed by atoms with E-state index in [2.05, 4.69) is 5.32 Å². The van der Waals surface area contributed by atoms with E-state index in [0.29, 0.717) is 12.8 Å². The van der Waals surface area contributed by atoms with Crippen LogP contribution in [0.1, 0.15) is 19.3 Å². The molecule has 13 heavy (non-hydrogen) atoms. The molecule has 0 aliphatic heterocycles. The molecule has 1 atom stereocenters. The molecule has 6 heteroatoms. The summed E-state index contributed by atoms with van der Waals surface area (Å²) in [6.45, 7) is -4.72. The summed E-state index contributed by atoms with van der Waals surface area (Å²) in [5, 5.41) is 2.97. The van der Waals surface area contributed by atoms with Crippen molar-refractivity contribution in [3.63, 3.8) is 0 Å². The molecule has 0 aromatic heterocycles. The molecule has 0 amide bonds. The third kappa shape index (κ3) is 4.49. The smallest absolute Gasteiger partial charge is 0.445 e. The molecule has 1 N–H and O–H groups in total. The number of hydrogen-bond acceptors (Lipinski definition) is 1. The van der Waals surface area contributed by atoms with E-state index >= 15 is 0 Å². The van der Waals surface area contributed by atoms with E-state index in [1.54, 1.807) is 7.05 Å². The van der Waals surface area contributed by atoms with Crippen LogP contribution < -0.4 is 56.7 Å². The van der Waals surface area contributed by atoms with Gasteiger partial charge in [-0.05, 0) is 19.9 Å². The van der Waals surface area contributed by atoms with Crippen LogP contribution in [-0.2, 0) is 0 Å². The van der Waals surface area contributed by atoms with Crippen molar-refractivity contribution in [3.8, 4) is 0 Å². The summed E-state index contributed by atoms with van der Waals surface area (Å²) in [7, 11) is 1.78. The molecule has 1 rings (SSSR count). The number of rotatable bonds is 2. The van der Waals surface area contributed by atoms with Crippen LogP contribution in [0.25, 0.3) is 0 Å². The Labute approximate surface area is 119 Å². The van der Waals surface area contributed by atoms with Gasteiger partial charge in [-0.2, -0.15) is 0 Å². The van der Waals surface area contributed by atoms with Gasteiger partial charge in [0.05, 0.1) is 0 Å². The van der Waals surface area contributed by atoms with Gasteiger partial charge in [-0.1, -0.05) is 6.42 Å². The first kappa shape index (κ1) is 14.2. The molecule has 1 nitrogen and oxygen atoms in total. The van der Waals surface area contributed by atoms with Crippen molar-refractivity contribution in [2.75, 3.05) is 7.05 Å². The molecule has 0 aromatic carbocycles. The Hall–Kier alpha value is 1.19. The Morgan fingerprint density at radius 1 is 1.46 bits per heavy atom. The van der Waals surface area contributed by atoms with Gasteiger partial charge in [0.1, 0.15) is 0 Å². The Balaban J connectivity index is 0.00000144. The molecule has 1 aliphatic carbocycles. The number of halogens is 3. The zero-order chi connectivity index (χ0) is 9.19. The van der Waals surface area contributed by atoms with Gasteiger partial charge in [0.25, 0.3) is 0 Å². The van der Waals surface area contributed by atoms with Crippen LogP contribution >= 0.6 is 0 Å². The van der Waals surface area contributed by atoms with Crippen LogP contribution in [-0.4, -0.2) is 20.1 Å². The standard InChI is InChI=1S/C7H12BF3N.K/c1-12-7-4-2-6(3-5-7)8(9,10)11;/h2,7,12H,3-5H2,1H3;/q-1;+1. The maximum Gasteiger partial charge on any atom is 1.00 e. The van der Waals surface area contributed by atoms with E-state index in [0.717, 1.165) is 0 Å². The monoisotopic (exact) mass is 217 g/mol. The van der Waals surface area contributed by atoms with Gasteiger partial charge < -0.3 is 18.3 Å². The molecule has 1 unspecified atom stereocenters. The van der Waals surface area contributed by atoms with Crippen LogP contribution in [0.4, 0.5) is 12.9 Å². The molecule has 0 heterocycles. The van der Waals surface area contributed by atoms with Crippen LogP contribution in [0.3, 0.4) is 0 Å². The van der Waals surface area contributed by atoms with Crippen LogP contribution in [0.5, 0.6) is 0 Å². The summed E-state index contributed by atoms with van der Waals surface area (Å²) < 4.78 is 36.4. The summed E-state index contributed by atoms with van der Waals surface area (Å²) in [5.74, 6) is 0. The molecular formula is C7H12BF3KN. The van der Waals surface area contributed by atoms with Crippen molar-refractivity contribution in [1.82, 2.24) is 5.32 Å². The van der Waals surface area contributed by atoms with Gasteiger partial charge in [0.15, 0.2) is 0 Å². The minimum atomic E-state index is -4.72. The Bertz CT molecular complexity index is 193. The number of hydrogen-bond donors (Lipinski definition) is 1. The zero-order valence-corrected chi connectivity index (χ0v) is 11.1. The molecule has 0 radical (unpaired) electrons. The fourth-order valence-corrected chi connectivity index (χ4v) is 1.41. The summed E-state index contributed by atoms with van der Waals surface area (Å²) in [5.41, 5.74) is -0.304. The molecule has 0 fully saturated rings. The summed E-state index contributed by atoms with van der Waals surface area (Å²) in [6, 6.07) is 0.229. The summed E-state index contributed by atoms with van der Waals surface area (Å²) in [4.78, 5) is 0. The van der Waals surface area contributed by atoms with E-state index in [1.807, 2.05) is 0 Å². The average Bonchev–Trinajstić information content (AvgIpc) is 2.03. The van der Waals surface area contributed by atoms with Gasteiger partial charge in [-0.15, -0.1) is 11.5 Å². The van der Waals surface area contributed by atoms with Gasteiger partial charge in [-0.3, -0.25) is 0 Å². The van der Waals surface area contributed by atoms with Gasteiger partial charge in [0, 0.05) is 6.04 Å². The number of nitrogens with one attached hydrogen (secondary N) is 1. The minimum Gasteiger partial charge on any atom is -0.445 e. The van der Waals surface area contributed by atoms with Crippen LogP contribution in [0.2, 0.25) is 0 Å². The van der Waals surface area contributed by atoms with Gasteiger partial charge >= 0.3 is 58.4 Å². The van der Waals surface area contributed by atoms with Crippen molar-refractivity contribution in [2.45, 2.75) is 25.3 Å². The quantitative estimate of drug-likeness (QED) is 0.589. The minimum absolute atomic E-state index is 0. The zero-order valence-electron chi connectivity index (χ0n) is 7.99. The Kier molecular flexibility index (Phi) is 6.47.